The van der Waals surface area contributed by atoms with Crippen LogP contribution < -0.4 is 21.1 Å². The smallest absolute Gasteiger partial charge is 0.417 e. The summed E-state index contributed by atoms with van der Waals surface area (Å²) in [6, 6.07) is 7.47. The standard InChI is InChI=1S/C36H34F6N8OS/c1-2-49-14-4-10-35(49,11-12-37)18-51-34-47-29-22(33(48-34)50(20-6-7-20)17-19-5-3-13-46-31(19)44)15-24(36(40,41)42)27(28(29)39)21-8-9-25(38)30-26(21)23(16-43)32(45)52-30/h3,5,8-9,13,15,20H,2,4,6-7,10-12,14,17-18,45H2,1H3,(H2,44,46)/t35-/m0/s1. The molecule has 1 atom stereocenters. The second-order valence-corrected chi connectivity index (χ2v) is 14.2. The maximum Gasteiger partial charge on any atom is 0.417 e. The molecule has 3 aromatic heterocycles. The third-order valence-corrected chi connectivity index (χ3v) is 11.1. The van der Waals surface area contributed by atoms with Crippen molar-refractivity contribution in [3.05, 3.63) is 64.9 Å². The molecule has 1 aliphatic heterocycles. The van der Waals surface area contributed by atoms with Crippen LogP contribution in [0.3, 0.4) is 0 Å². The van der Waals surface area contributed by atoms with Gasteiger partial charge in [0.05, 0.1) is 28.0 Å². The Hall–Kier alpha value is -4.88. The Morgan fingerprint density at radius 2 is 1.96 bits per heavy atom. The van der Waals surface area contributed by atoms with E-state index in [0.717, 1.165) is 31.2 Å². The molecule has 2 aromatic carbocycles. The number of rotatable bonds is 11. The van der Waals surface area contributed by atoms with Gasteiger partial charge in [0, 0.05) is 40.7 Å². The van der Waals surface area contributed by atoms with E-state index in [1.54, 1.807) is 17.0 Å². The molecule has 1 saturated heterocycles. The number of nitrogens with zero attached hydrogens (tertiary/aromatic N) is 6. The fourth-order valence-corrected chi connectivity index (χ4v) is 8.33. The summed E-state index contributed by atoms with van der Waals surface area (Å²) in [5.41, 5.74) is 8.63. The summed E-state index contributed by atoms with van der Waals surface area (Å²) < 4.78 is 97.4. The largest absolute Gasteiger partial charge is 0.461 e. The second-order valence-electron chi connectivity index (χ2n) is 13.1. The van der Waals surface area contributed by atoms with Gasteiger partial charge >= 0.3 is 12.2 Å². The van der Waals surface area contributed by atoms with Crippen LogP contribution in [0.25, 0.3) is 32.1 Å². The van der Waals surface area contributed by atoms with E-state index < -0.39 is 46.7 Å². The van der Waals surface area contributed by atoms with Gasteiger partial charge in [0.1, 0.15) is 40.6 Å². The number of benzene rings is 2. The summed E-state index contributed by atoms with van der Waals surface area (Å²) in [6.45, 7) is 2.77. The number of nitrogens with two attached hydrogens (primary N) is 2. The lowest BCUT2D eigenvalue weighted by molar-refractivity contribution is -0.137. The first-order valence-electron chi connectivity index (χ1n) is 16.8. The van der Waals surface area contributed by atoms with Gasteiger partial charge in [-0.3, -0.25) is 9.29 Å². The van der Waals surface area contributed by atoms with Crippen molar-refractivity contribution in [1.29, 1.82) is 5.26 Å². The van der Waals surface area contributed by atoms with Gasteiger partial charge in [-0.05, 0) is 69.0 Å². The maximum absolute atomic E-state index is 17.2. The minimum Gasteiger partial charge on any atom is -0.461 e. The Kier molecular flexibility index (Phi) is 9.28. The predicted molar refractivity (Wildman–Crippen MR) is 188 cm³/mol. The molecule has 5 aromatic rings. The molecule has 9 nitrogen and oxygen atoms in total. The molecule has 7 rings (SSSR count). The number of aromatic nitrogens is 3. The van der Waals surface area contributed by atoms with Crippen molar-refractivity contribution in [1.82, 2.24) is 19.9 Å². The topological polar surface area (TPSA) is 130 Å². The number of fused-ring (bicyclic) bond motifs is 2. The zero-order valence-corrected chi connectivity index (χ0v) is 28.9. The zero-order chi connectivity index (χ0) is 36.9. The summed E-state index contributed by atoms with van der Waals surface area (Å²) in [6.07, 6.45) is -0.610. The number of hydrogen-bond acceptors (Lipinski definition) is 10. The number of pyridine rings is 1. The molecule has 2 fully saturated rings. The number of nitriles is 1. The van der Waals surface area contributed by atoms with E-state index in [1.807, 2.05) is 13.0 Å². The fourth-order valence-electron chi connectivity index (χ4n) is 7.38. The molecule has 4 heterocycles. The Morgan fingerprint density at radius 3 is 2.63 bits per heavy atom. The van der Waals surface area contributed by atoms with Crippen LogP contribution in [0.4, 0.5) is 43.0 Å². The molecule has 1 aliphatic carbocycles. The number of nitrogen functional groups attached to an aromatic ring is 2. The number of likely N-dealkylation sites (N-methyl/N-ethyl adjacent to an activating group) is 1. The van der Waals surface area contributed by atoms with Gasteiger partial charge in [0.25, 0.3) is 0 Å². The van der Waals surface area contributed by atoms with Crippen LogP contribution in [-0.4, -0.2) is 57.8 Å². The normalized spacial score (nSPS) is 18.0. The van der Waals surface area contributed by atoms with Crippen LogP contribution in [0, 0.1) is 23.0 Å². The molecule has 52 heavy (non-hydrogen) atoms. The zero-order valence-electron chi connectivity index (χ0n) is 28.0. The number of hydrogen-bond donors (Lipinski definition) is 2. The van der Waals surface area contributed by atoms with E-state index in [9.17, 15) is 14.0 Å². The third-order valence-electron chi connectivity index (χ3n) is 10.1. The van der Waals surface area contributed by atoms with Gasteiger partial charge < -0.3 is 21.1 Å². The van der Waals surface area contributed by atoms with Crippen molar-refractivity contribution in [2.45, 2.75) is 63.3 Å². The maximum atomic E-state index is 17.2. The number of ether oxygens (including phenoxy) is 1. The number of thiophene rings is 1. The second kappa shape index (κ2) is 13.6. The predicted octanol–water partition coefficient (Wildman–Crippen LogP) is 8.00. The van der Waals surface area contributed by atoms with Crippen LogP contribution in [0.2, 0.25) is 0 Å². The Morgan fingerprint density at radius 1 is 1.17 bits per heavy atom. The van der Waals surface area contributed by atoms with E-state index in [2.05, 4.69) is 19.9 Å². The first-order valence-corrected chi connectivity index (χ1v) is 17.6. The van der Waals surface area contributed by atoms with E-state index in [4.69, 9.17) is 16.2 Å². The Bertz CT molecular complexity index is 2220. The highest BCUT2D eigenvalue weighted by molar-refractivity contribution is 7.23. The van der Waals surface area contributed by atoms with E-state index in [1.165, 1.54) is 6.20 Å². The lowest BCUT2D eigenvalue weighted by Crippen LogP contribution is -2.49. The summed E-state index contributed by atoms with van der Waals surface area (Å²) >= 11 is 0.685. The highest BCUT2D eigenvalue weighted by Gasteiger charge is 2.42. The molecule has 0 radical (unpaired) electrons. The highest BCUT2D eigenvalue weighted by Crippen LogP contribution is 2.49. The molecule has 0 bridgehead atoms. The molecular formula is C36H34F6N8OS. The first kappa shape index (κ1) is 35.5. The minimum absolute atomic E-state index is 0.0123. The van der Waals surface area contributed by atoms with Crippen LogP contribution in [0.1, 0.15) is 55.7 Å². The average molecular weight is 741 g/mol. The van der Waals surface area contributed by atoms with Crippen LogP contribution in [0.5, 0.6) is 6.01 Å². The van der Waals surface area contributed by atoms with E-state index >= 15 is 17.6 Å². The first-order chi connectivity index (χ1) is 24.9. The number of halogens is 6. The Balaban J connectivity index is 1.49. The summed E-state index contributed by atoms with van der Waals surface area (Å²) in [5, 5.41) is 9.27. The van der Waals surface area contributed by atoms with Gasteiger partial charge in [-0.25, -0.2) is 13.8 Å². The number of alkyl halides is 4. The van der Waals surface area contributed by atoms with Crippen molar-refractivity contribution in [2.75, 3.05) is 42.7 Å². The van der Waals surface area contributed by atoms with Crippen molar-refractivity contribution in [3.63, 3.8) is 0 Å². The van der Waals surface area contributed by atoms with Crippen LogP contribution >= 0.6 is 11.3 Å². The lowest BCUT2D eigenvalue weighted by Gasteiger charge is -2.37. The van der Waals surface area contributed by atoms with E-state index in [-0.39, 0.29) is 74.9 Å². The molecular weight excluding hydrogens is 707 g/mol. The van der Waals surface area contributed by atoms with Crippen molar-refractivity contribution < 1.29 is 31.1 Å². The van der Waals surface area contributed by atoms with Gasteiger partial charge in [-0.2, -0.15) is 28.4 Å². The van der Waals surface area contributed by atoms with Gasteiger partial charge in [0.15, 0.2) is 5.82 Å². The number of likely N-dealkylation sites (tertiary alicyclic amines) is 1. The molecule has 1 saturated carbocycles. The molecule has 272 valence electrons. The van der Waals surface area contributed by atoms with Gasteiger partial charge in [0.2, 0.25) is 0 Å². The molecule has 2 aliphatic rings. The fraction of sp³-hybridized carbons (Fsp3) is 0.389. The van der Waals surface area contributed by atoms with Crippen LogP contribution in [0.15, 0.2) is 36.5 Å². The summed E-state index contributed by atoms with van der Waals surface area (Å²) in [5.74, 6) is -1.99. The third kappa shape index (κ3) is 6.19. The van der Waals surface area contributed by atoms with Crippen LogP contribution in [-0.2, 0) is 12.7 Å². The molecule has 4 N–H and O–H groups in total. The van der Waals surface area contributed by atoms with Crippen molar-refractivity contribution >= 4 is 49.0 Å². The molecule has 0 amide bonds. The lowest BCUT2D eigenvalue weighted by atomic mass is 9.92. The number of anilines is 3. The Labute approximate surface area is 298 Å². The van der Waals surface area contributed by atoms with Gasteiger partial charge in [-0.1, -0.05) is 19.1 Å². The summed E-state index contributed by atoms with van der Waals surface area (Å²) in [4.78, 5) is 17.0. The van der Waals surface area contributed by atoms with Crippen molar-refractivity contribution in [2.24, 2.45) is 0 Å². The monoisotopic (exact) mass is 740 g/mol. The van der Waals surface area contributed by atoms with Crippen molar-refractivity contribution in [3.8, 4) is 23.2 Å². The SMILES string of the molecule is CCN1CCC[C@]1(CCF)COc1nc(N(Cc2cccnc2N)C2CC2)c2cc(C(F)(F)F)c(-c3ccc(F)c4sc(N)c(C#N)c34)c(F)c2n1. The minimum atomic E-state index is -5.12. The quantitative estimate of drug-likeness (QED) is 0.129. The van der Waals surface area contributed by atoms with E-state index in [0.29, 0.717) is 42.7 Å². The molecule has 0 spiro atoms. The summed E-state index contributed by atoms with van der Waals surface area (Å²) in [7, 11) is 0. The molecule has 0 unspecified atom stereocenters. The molecule has 16 heteroatoms. The average Bonchev–Trinajstić information content (AvgIpc) is 3.79. The van der Waals surface area contributed by atoms with Gasteiger partial charge in [-0.15, -0.1) is 11.3 Å². The highest BCUT2D eigenvalue weighted by atomic mass is 32.1.